The maximum Gasteiger partial charge on any atom is 0.532 e. The summed E-state index contributed by atoms with van der Waals surface area (Å²) in [5.41, 5.74) is 3.85. The summed E-state index contributed by atoms with van der Waals surface area (Å²) in [6.45, 7) is 25.2. The van der Waals surface area contributed by atoms with Gasteiger partial charge in [-0.15, -0.1) is 0 Å². The molecule has 0 bridgehead atoms. The highest BCUT2D eigenvalue weighted by Crippen LogP contribution is 2.47. The molecule has 3 rings (SSSR count). The van der Waals surface area contributed by atoms with Crippen LogP contribution in [0.25, 0.3) is 0 Å². The Labute approximate surface area is 261 Å². The number of phenols is 1. The van der Waals surface area contributed by atoms with Crippen LogP contribution >= 0.6 is 8.60 Å². The van der Waals surface area contributed by atoms with E-state index in [-0.39, 0.29) is 28.1 Å². The lowest BCUT2D eigenvalue weighted by atomic mass is 9.78. The molecule has 0 spiro atoms. The molecule has 0 aliphatic carbocycles. The third-order valence-corrected chi connectivity index (χ3v) is 8.36. The molecule has 6 heteroatoms. The fourth-order valence-electron chi connectivity index (χ4n) is 4.91. The lowest BCUT2D eigenvalue weighted by Crippen LogP contribution is -2.18. The SMILES string of the molecule is CC(C)(C)c1ccccc1OP(OC(=O)CCc1cc(C(C)(C)C)c(O)c(C(C)(C)C)c1)Oc1ccccc1C(C)(C)C. The second kappa shape index (κ2) is 12.9. The Morgan fingerprint density at radius 2 is 1.00 bits per heavy atom. The van der Waals surface area contributed by atoms with Gasteiger partial charge in [-0.25, -0.2) is 0 Å². The van der Waals surface area contributed by atoms with Crippen LogP contribution in [0.4, 0.5) is 0 Å². The van der Waals surface area contributed by atoms with Gasteiger partial charge in [0.25, 0.3) is 0 Å². The van der Waals surface area contributed by atoms with E-state index >= 15 is 0 Å². The van der Waals surface area contributed by atoms with E-state index in [2.05, 4.69) is 83.1 Å². The number of rotatable bonds is 8. The Kier molecular flexibility index (Phi) is 10.3. The van der Waals surface area contributed by atoms with Crippen LogP contribution in [0.5, 0.6) is 17.2 Å². The molecule has 0 saturated carbocycles. The molecule has 3 aromatic carbocycles. The van der Waals surface area contributed by atoms with Crippen LogP contribution in [0.2, 0.25) is 0 Å². The summed E-state index contributed by atoms with van der Waals surface area (Å²) >= 11 is 0. The summed E-state index contributed by atoms with van der Waals surface area (Å²) in [5.74, 6) is 1.18. The Morgan fingerprint density at radius 3 is 1.37 bits per heavy atom. The third-order valence-electron chi connectivity index (χ3n) is 7.32. The zero-order valence-electron chi connectivity index (χ0n) is 28.2. The number of aromatic hydroxyl groups is 1. The topological polar surface area (TPSA) is 65.0 Å². The molecule has 0 aromatic heterocycles. The molecule has 3 aromatic rings. The normalized spacial score (nSPS) is 12.8. The highest BCUT2D eigenvalue weighted by Gasteiger charge is 2.30. The smallest absolute Gasteiger partial charge is 0.507 e. The quantitative estimate of drug-likeness (QED) is 0.259. The summed E-state index contributed by atoms with van der Waals surface area (Å²) in [5, 5.41) is 11.1. The van der Waals surface area contributed by atoms with Crippen LogP contribution < -0.4 is 9.05 Å². The number of hydrogen-bond acceptors (Lipinski definition) is 5. The van der Waals surface area contributed by atoms with Gasteiger partial charge in [0.05, 0.1) is 0 Å². The van der Waals surface area contributed by atoms with Gasteiger partial charge in [-0.1, -0.05) is 132 Å². The average molecular weight is 607 g/mol. The van der Waals surface area contributed by atoms with Crippen LogP contribution in [0, 0.1) is 0 Å². The van der Waals surface area contributed by atoms with E-state index in [1.165, 1.54) is 0 Å². The van der Waals surface area contributed by atoms with Crippen LogP contribution in [-0.4, -0.2) is 11.1 Å². The van der Waals surface area contributed by atoms with Crippen molar-refractivity contribution < 1.29 is 23.5 Å². The van der Waals surface area contributed by atoms with Gasteiger partial charge in [-0.3, -0.25) is 4.79 Å². The van der Waals surface area contributed by atoms with E-state index in [4.69, 9.17) is 13.6 Å². The summed E-state index contributed by atoms with van der Waals surface area (Å²) in [4.78, 5) is 13.4. The third kappa shape index (κ3) is 9.22. The van der Waals surface area contributed by atoms with Gasteiger partial charge in [0.1, 0.15) is 17.2 Å². The van der Waals surface area contributed by atoms with Crippen LogP contribution in [0.3, 0.4) is 0 Å². The summed E-state index contributed by atoms with van der Waals surface area (Å²) < 4.78 is 18.7. The summed E-state index contributed by atoms with van der Waals surface area (Å²) in [6, 6.07) is 19.6. The van der Waals surface area contributed by atoms with E-state index in [1.54, 1.807) is 0 Å². The van der Waals surface area contributed by atoms with E-state index in [9.17, 15) is 9.90 Å². The van der Waals surface area contributed by atoms with E-state index in [0.717, 1.165) is 27.8 Å². The molecule has 0 saturated heterocycles. The van der Waals surface area contributed by atoms with Crippen LogP contribution in [-0.2, 0) is 37.4 Å². The van der Waals surface area contributed by atoms with Crippen molar-refractivity contribution in [3.8, 4) is 17.2 Å². The van der Waals surface area contributed by atoms with Crippen molar-refractivity contribution in [3.05, 3.63) is 88.5 Å². The number of carbonyl (C=O) groups is 1. The predicted octanol–water partition coefficient (Wildman–Crippen LogP) is 10.4. The van der Waals surface area contributed by atoms with E-state index < -0.39 is 14.6 Å². The number of benzene rings is 3. The molecule has 0 heterocycles. The molecule has 43 heavy (non-hydrogen) atoms. The van der Waals surface area contributed by atoms with Crippen molar-refractivity contribution in [3.63, 3.8) is 0 Å². The molecular formula is C37H51O5P. The Bertz CT molecular complexity index is 1320. The molecule has 0 amide bonds. The van der Waals surface area contributed by atoms with Gasteiger partial charge in [0, 0.05) is 17.5 Å². The standard InChI is InChI=1S/C37H51O5P/c1-34(2,3)26-17-13-15-19-30(26)40-43(41-31-20-16-14-18-27(31)35(4,5)6)42-32(38)22-21-25-23-28(36(7,8)9)33(39)29(24-25)37(10,11)12/h13-20,23-24,39H,21-22H2,1-12H3. The second-order valence-corrected chi connectivity index (χ2v) is 16.4. The minimum atomic E-state index is -2.10. The van der Waals surface area contributed by atoms with Crippen LogP contribution in [0.1, 0.15) is 117 Å². The van der Waals surface area contributed by atoms with Gasteiger partial charge in [0.2, 0.25) is 0 Å². The van der Waals surface area contributed by atoms with Gasteiger partial charge < -0.3 is 18.7 Å². The first-order valence-electron chi connectivity index (χ1n) is 15.1. The van der Waals surface area contributed by atoms with Gasteiger partial charge in [0.15, 0.2) is 0 Å². The minimum Gasteiger partial charge on any atom is -0.507 e. The zero-order chi connectivity index (χ0) is 32.4. The van der Waals surface area contributed by atoms with Crippen molar-refractivity contribution in [1.29, 1.82) is 0 Å². The van der Waals surface area contributed by atoms with Crippen molar-refractivity contribution in [2.24, 2.45) is 0 Å². The van der Waals surface area contributed by atoms with Gasteiger partial charge >= 0.3 is 14.6 Å². The maximum absolute atomic E-state index is 13.4. The molecule has 0 aliphatic rings. The van der Waals surface area contributed by atoms with Crippen molar-refractivity contribution in [1.82, 2.24) is 0 Å². The monoisotopic (exact) mass is 606 g/mol. The lowest BCUT2D eigenvalue weighted by molar-refractivity contribution is -0.134. The number of hydrogen-bond donors (Lipinski definition) is 1. The molecule has 0 fully saturated rings. The lowest BCUT2D eigenvalue weighted by Gasteiger charge is -2.28. The fraction of sp³-hybridized carbons (Fsp3) is 0.486. The molecular weight excluding hydrogens is 555 g/mol. The highest BCUT2D eigenvalue weighted by atomic mass is 31.2. The second-order valence-electron chi connectivity index (χ2n) is 15.4. The molecule has 0 radical (unpaired) electrons. The van der Waals surface area contributed by atoms with Crippen LogP contribution in [0.15, 0.2) is 60.7 Å². The molecule has 0 aliphatic heterocycles. The van der Waals surface area contributed by atoms with Gasteiger partial charge in [-0.05, 0) is 56.9 Å². The van der Waals surface area contributed by atoms with Crippen molar-refractivity contribution >= 4 is 14.6 Å². The number of carbonyl (C=O) groups excluding carboxylic acids is 1. The molecule has 5 nitrogen and oxygen atoms in total. The molecule has 0 unspecified atom stereocenters. The van der Waals surface area contributed by atoms with E-state index in [0.29, 0.717) is 23.7 Å². The first-order valence-corrected chi connectivity index (χ1v) is 16.2. The maximum atomic E-state index is 13.4. The Balaban J connectivity index is 1.91. The number of para-hydroxylation sites is 2. The predicted molar refractivity (Wildman–Crippen MR) is 178 cm³/mol. The molecule has 234 valence electrons. The average Bonchev–Trinajstić information content (AvgIpc) is 2.86. The summed E-state index contributed by atoms with van der Waals surface area (Å²) in [7, 11) is -2.10. The van der Waals surface area contributed by atoms with Crippen molar-refractivity contribution in [2.75, 3.05) is 0 Å². The first kappa shape index (κ1) is 34.5. The Morgan fingerprint density at radius 1 is 0.628 bits per heavy atom. The zero-order valence-corrected chi connectivity index (χ0v) is 29.1. The number of phenolic OH excluding ortho intramolecular Hbond substituents is 1. The molecule has 0 atom stereocenters. The highest BCUT2D eigenvalue weighted by molar-refractivity contribution is 7.43. The van der Waals surface area contributed by atoms with E-state index in [1.807, 2.05) is 60.7 Å². The number of aryl methyl sites for hydroxylation is 1. The Hall–Kier alpha value is -3.04. The largest absolute Gasteiger partial charge is 0.532 e. The minimum absolute atomic E-state index is 0.144. The molecule has 1 N–H and O–H groups in total. The van der Waals surface area contributed by atoms with Gasteiger partial charge in [-0.2, -0.15) is 0 Å². The fourth-order valence-corrected chi connectivity index (χ4v) is 5.91. The summed E-state index contributed by atoms with van der Waals surface area (Å²) in [6.07, 6.45) is 0.608. The first-order chi connectivity index (χ1) is 19.7. The van der Waals surface area contributed by atoms with Crippen molar-refractivity contribution in [2.45, 2.75) is 118 Å².